The number of benzene rings is 1. The Kier molecular flexibility index (Phi) is 4.89. The first kappa shape index (κ1) is 16.6. The molecule has 0 radical (unpaired) electrons. The predicted molar refractivity (Wildman–Crippen MR) is 96.2 cm³/mol. The average molecular weight is 343 g/mol. The molecule has 0 unspecified atom stereocenters. The fraction of sp³-hybridized carbons (Fsp3) is 0.353. The number of carbonyl (C=O) groups excluding carboxylic acids is 1. The molecule has 3 aromatic rings. The van der Waals surface area contributed by atoms with Crippen LogP contribution in [0.3, 0.4) is 0 Å². The number of nitrogens with one attached hydrogen (secondary N) is 3. The lowest BCUT2D eigenvalue weighted by Crippen LogP contribution is -2.35. The van der Waals surface area contributed by atoms with E-state index in [1.165, 1.54) is 17.3 Å². The van der Waals surface area contributed by atoms with E-state index in [0.29, 0.717) is 12.2 Å². The molecule has 2 heterocycles. The molecule has 1 atom stereocenters. The number of aryl methyl sites for hydroxylation is 2. The highest BCUT2D eigenvalue weighted by molar-refractivity contribution is 7.99. The first-order valence-electron chi connectivity index (χ1n) is 7.89. The molecular weight excluding hydrogens is 322 g/mol. The van der Waals surface area contributed by atoms with Crippen LogP contribution in [0.4, 0.5) is 0 Å². The SMILES string of the molecule is Cc1ccc2nc(SCC(=O)N[C@H](C)Cc3cc(C)[nH]n3)[nH]c2c1. The molecule has 1 aromatic carbocycles. The molecule has 1 amide bonds. The van der Waals surface area contributed by atoms with E-state index < -0.39 is 0 Å². The number of rotatable bonds is 6. The molecule has 0 aliphatic rings. The van der Waals surface area contributed by atoms with Crippen LogP contribution in [0.1, 0.15) is 23.9 Å². The first-order valence-corrected chi connectivity index (χ1v) is 8.87. The molecule has 126 valence electrons. The van der Waals surface area contributed by atoms with Gasteiger partial charge < -0.3 is 10.3 Å². The Balaban J connectivity index is 1.50. The van der Waals surface area contributed by atoms with Crippen LogP contribution in [0.25, 0.3) is 11.0 Å². The zero-order chi connectivity index (χ0) is 17.1. The van der Waals surface area contributed by atoms with Crippen molar-refractivity contribution in [2.24, 2.45) is 0 Å². The largest absolute Gasteiger partial charge is 0.353 e. The molecule has 0 saturated heterocycles. The van der Waals surface area contributed by atoms with Gasteiger partial charge in [0.05, 0.1) is 22.5 Å². The van der Waals surface area contributed by atoms with Crippen LogP contribution < -0.4 is 5.32 Å². The molecule has 3 N–H and O–H groups in total. The summed E-state index contributed by atoms with van der Waals surface area (Å²) in [5.74, 6) is 0.333. The fourth-order valence-corrected chi connectivity index (χ4v) is 3.26. The van der Waals surface area contributed by atoms with Gasteiger partial charge in [-0.1, -0.05) is 17.8 Å². The highest BCUT2D eigenvalue weighted by Crippen LogP contribution is 2.20. The third-order valence-electron chi connectivity index (χ3n) is 3.64. The van der Waals surface area contributed by atoms with E-state index in [4.69, 9.17) is 0 Å². The standard InChI is InChI=1S/C17H21N5OS/c1-10-4-5-14-15(6-10)20-17(19-14)24-9-16(23)18-11(2)7-13-8-12(3)21-22-13/h4-6,8,11H,7,9H2,1-3H3,(H,18,23)(H,19,20)(H,21,22)/t11-/m1/s1. The third-order valence-corrected chi connectivity index (χ3v) is 4.51. The van der Waals surface area contributed by atoms with Crippen molar-refractivity contribution in [2.45, 2.75) is 38.4 Å². The van der Waals surface area contributed by atoms with Crippen LogP contribution >= 0.6 is 11.8 Å². The van der Waals surface area contributed by atoms with Gasteiger partial charge in [-0.2, -0.15) is 5.10 Å². The molecule has 0 saturated carbocycles. The van der Waals surface area contributed by atoms with Crippen molar-refractivity contribution in [1.82, 2.24) is 25.5 Å². The van der Waals surface area contributed by atoms with Crippen molar-refractivity contribution in [3.05, 3.63) is 41.2 Å². The summed E-state index contributed by atoms with van der Waals surface area (Å²) in [5.41, 5.74) is 5.09. The molecule has 0 aliphatic carbocycles. The third kappa shape index (κ3) is 4.17. The number of thioether (sulfide) groups is 1. The van der Waals surface area contributed by atoms with Crippen LogP contribution in [-0.4, -0.2) is 37.9 Å². The van der Waals surface area contributed by atoms with E-state index in [9.17, 15) is 4.79 Å². The van der Waals surface area contributed by atoms with Crippen LogP contribution in [0.5, 0.6) is 0 Å². The van der Waals surface area contributed by atoms with Gasteiger partial charge in [-0.15, -0.1) is 0 Å². The Hall–Kier alpha value is -2.28. The lowest BCUT2D eigenvalue weighted by molar-refractivity contribution is -0.119. The molecule has 0 fully saturated rings. The minimum Gasteiger partial charge on any atom is -0.353 e. The smallest absolute Gasteiger partial charge is 0.230 e. The van der Waals surface area contributed by atoms with Crippen molar-refractivity contribution < 1.29 is 4.79 Å². The summed E-state index contributed by atoms with van der Waals surface area (Å²) in [7, 11) is 0. The van der Waals surface area contributed by atoms with Crippen molar-refractivity contribution >= 4 is 28.7 Å². The first-order chi connectivity index (χ1) is 11.5. The number of H-pyrrole nitrogens is 2. The van der Waals surface area contributed by atoms with Gasteiger partial charge in [-0.05, 0) is 44.5 Å². The number of nitrogens with zero attached hydrogens (tertiary/aromatic N) is 2. The van der Waals surface area contributed by atoms with Gasteiger partial charge >= 0.3 is 0 Å². The number of fused-ring (bicyclic) bond motifs is 1. The maximum absolute atomic E-state index is 12.1. The van der Waals surface area contributed by atoms with Gasteiger partial charge in [0.15, 0.2) is 5.16 Å². The fourth-order valence-electron chi connectivity index (χ4n) is 2.56. The summed E-state index contributed by atoms with van der Waals surface area (Å²) >= 11 is 1.41. The minimum atomic E-state index is -0.00334. The monoisotopic (exact) mass is 343 g/mol. The molecule has 2 aromatic heterocycles. The molecule has 3 rings (SSSR count). The molecule has 7 heteroatoms. The lowest BCUT2D eigenvalue weighted by atomic mass is 10.2. The molecule has 0 bridgehead atoms. The number of aromatic nitrogens is 4. The Bertz CT molecular complexity index is 854. The number of amides is 1. The molecular formula is C17H21N5OS. The van der Waals surface area contributed by atoms with Gasteiger partial charge in [0.2, 0.25) is 5.91 Å². The maximum atomic E-state index is 12.1. The van der Waals surface area contributed by atoms with Crippen LogP contribution in [0.2, 0.25) is 0 Å². The van der Waals surface area contributed by atoms with E-state index in [0.717, 1.165) is 27.6 Å². The van der Waals surface area contributed by atoms with Crippen molar-refractivity contribution in [1.29, 1.82) is 0 Å². The van der Waals surface area contributed by atoms with E-state index in [-0.39, 0.29) is 11.9 Å². The van der Waals surface area contributed by atoms with Crippen LogP contribution in [0, 0.1) is 13.8 Å². The van der Waals surface area contributed by atoms with E-state index >= 15 is 0 Å². The van der Waals surface area contributed by atoms with Gasteiger partial charge in [0, 0.05) is 18.2 Å². The van der Waals surface area contributed by atoms with Gasteiger partial charge in [-0.3, -0.25) is 9.89 Å². The zero-order valence-corrected chi connectivity index (χ0v) is 14.8. The molecule has 24 heavy (non-hydrogen) atoms. The van der Waals surface area contributed by atoms with Crippen molar-refractivity contribution in [2.75, 3.05) is 5.75 Å². The second kappa shape index (κ2) is 7.09. The Labute approximate surface area is 144 Å². The normalized spacial score (nSPS) is 12.5. The average Bonchev–Trinajstić information content (AvgIpc) is 3.10. The lowest BCUT2D eigenvalue weighted by Gasteiger charge is -2.11. The molecule has 0 aliphatic heterocycles. The van der Waals surface area contributed by atoms with Gasteiger partial charge in [0.25, 0.3) is 0 Å². The van der Waals surface area contributed by atoms with Crippen molar-refractivity contribution in [3.63, 3.8) is 0 Å². The number of hydrogen-bond donors (Lipinski definition) is 3. The van der Waals surface area contributed by atoms with E-state index in [1.807, 2.05) is 39.0 Å². The second-order valence-electron chi connectivity index (χ2n) is 6.07. The van der Waals surface area contributed by atoms with Gasteiger partial charge in [0.1, 0.15) is 0 Å². The maximum Gasteiger partial charge on any atom is 0.230 e. The second-order valence-corrected chi connectivity index (χ2v) is 7.03. The van der Waals surface area contributed by atoms with Crippen LogP contribution in [0.15, 0.2) is 29.4 Å². The summed E-state index contributed by atoms with van der Waals surface area (Å²) < 4.78 is 0. The number of imidazole rings is 1. The number of hydrogen-bond acceptors (Lipinski definition) is 4. The highest BCUT2D eigenvalue weighted by atomic mass is 32.2. The van der Waals surface area contributed by atoms with Crippen LogP contribution in [-0.2, 0) is 11.2 Å². The van der Waals surface area contributed by atoms with E-state index in [1.54, 1.807) is 0 Å². The van der Waals surface area contributed by atoms with Gasteiger partial charge in [-0.25, -0.2) is 4.98 Å². The Morgan fingerprint density at radius 3 is 2.92 bits per heavy atom. The predicted octanol–water partition coefficient (Wildman–Crippen LogP) is 2.74. The topological polar surface area (TPSA) is 86.5 Å². The van der Waals surface area contributed by atoms with E-state index in [2.05, 4.69) is 31.5 Å². The molecule has 0 spiro atoms. The summed E-state index contributed by atoms with van der Waals surface area (Å²) in [6.45, 7) is 5.99. The highest BCUT2D eigenvalue weighted by Gasteiger charge is 2.11. The summed E-state index contributed by atoms with van der Waals surface area (Å²) in [6.07, 6.45) is 0.713. The summed E-state index contributed by atoms with van der Waals surface area (Å²) in [4.78, 5) is 19.8. The Morgan fingerprint density at radius 1 is 1.33 bits per heavy atom. The molecule has 6 nitrogen and oxygen atoms in total. The quantitative estimate of drug-likeness (QED) is 0.601. The summed E-state index contributed by atoms with van der Waals surface area (Å²) in [5, 5.41) is 10.9. The van der Waals surface area contributed by atoms with Crippen molar-refractivity contribution in [3.8, 4) is 0 Å². The summed E-state index contributed by atoms with van der Waals surface area (Å²) in [6, 6.07) is 8.11. The zero-order valence-electron chi connectivity index (χ0n) is 14.0. The number of aromatic amines is 2. The number of carbonyl (C=O) groups is 1. The minimum absolute atomic E-state index is 0.00334. The Morgan fingerprint density at radius 2 is 2.17 bits per heavy atom.